The highest BCUT2D eigenvalue weighted by atomic mass is 79.9. The van der Waals surface area contributed by atoms with Crippen molar-refractivity contribution in [1.29, 1.82) is 0 Å². The summed E-state index contributed by atoms with van der Waals surface area (Å²) in [5.41, 5.74) is 5.95. The van der Waals surface area contributed by atoms with Crippen molar-refractivity contribution >= 4 is 33.1 Å². The second kappa shape index (κ2) is 4.65. The van der Waals surface area contributed by atoms with Crippen LogP contribution in [0, 0.1) is 0 Å². The van der Waals surface area contributed by atoms with Crippen LogP contribution in [0.1, 0.15) is 5.56 Å². The molecule has 0 saturated carbocycles. The van der Waals surface area contributed by atoms with Crippen molar-refractivity contribution in [3.05, 3.63) is 28.2 Å². The zero-order valence-corrected chi connectivity index (χ0v) is 9.24. The van der Waals surface area contributed by atoms with Crippen molar-refractivity contribution in [2.75, 3.05) is 0 Å². The minimum absolute atomic E-state index is 0.0556. The molecule has 1 aromatic rings. The molecule has 0 atom stereocenters. The number of alkyl halides is 2. The average Bonchev–Trinajstić information content (AvgIpc) is 2.07. The summed E-state index contributed by atoms with van der Waals surface area (Å²) in [6.07, 6.45) is 0. The summed E-state index contributed by atoms with van der Waals surface area (Å²) in [6.45, 7) is -2.85. The summed E-state index contributed by atoms with van der Waals surface area (Å²) >= 11 is 7.79. The highest BCUT2D eigenvalue weighted by molar-refractivity contribution is 9.10. The molecule has 76 valence electrons. The molecule has 0 saturated heterocycles. The van der Waals surface area contributed by atoms with Gasteiger partial charge in [-0.3, -0.25) is 0 Å². The smallest absolute Gasteiger partial charge is 0.387 e. The number of thiocarbonyl (C=S) groups is 1. The third-order valence-corrected chi connectivity index (χ3v) is 2.29. The van der Waals surface area contributed by atoms with Crippen LogP contribution in [0.5, 0.6) is 5.75 Å². The average molecular weight is 282 g/mol. The van der Waals surface area contributed by atoms with Crippen molar-refractivity contribution < 1.29 is 13.5 Å². The molecular weight excluding hydrogens is 276 g/mol. The van der Waals surface area contributed by atoms with Crippen LogP contribution < -0.4 is 10.5 Å². The lowest BCUT2D eigenvalue weighted by Gasteiger charge is -2.07. The van der Waals surface area contributed by atoms with E-state index >= 15 is 0 Å². The van der Waals surface area contributed by atoms with E-state index in [1.807, 2.05) is 0 Å². The third-order valence-electron chi connectivity index (χ3n) is 1.43. The molecule has 1 rings (SSSR count). The van der Waals surface area contributed by atoms with Crippen LogP contribution in [0.2, 0.25) is 0 Å². The van der Waals surface area contributed by atoms with Gasteiger partial charge in [-0.2, -0.15) is 8.78 Å². The number of hydrogen-bond donors (Lipinski definition) is 1. The van der Waals surface area contributed by atoms with Gasteiger partial charge in [0.25, 0.3) is 0 Å². The summed E-state index contributed by atoms with van der Waals surface area (Å²) in [7, 11) is 0. The fourth-order valence-electron chi connectivity index (χ4n) is 0.846. The van der Waals surface area contributed by atoms with Crippen LogP contribution in [-0.4, -0.2) is 11.6 Å². The van der Waals surface area contributed by atoms with Crippen LogP contribution in [-0.2, 0) is 0 Å². The molecule has 0 fully saturated rings. The fourth-order valence-corrected chi connectivity index (χ4v) is 1.44. The monoisotopic (exact) mass is 281 g/mol. The van der Waals surface area contributed by atoms with E-state index in [1.54, 1.807) is 0 Å². The van der Waals surface area contributed by atoms with Gasteiger partial charge in [-0.15, -0.1) is 0 Å². The molecule has 2 nitrogen and oxygen atoms in total. The van der Waals surface area contributed by atoms with Gasteiger partial charge in [-0.25, -0.2) is 0 Å². The number of rotatable bonds is 3. The lowest BCUT2D eigenvalue weighted by atomic mass is 10.2. The predicted octanol–water partition coefficient (Wildman–Crippen LogP) is 2.68. The SMILES string of the molecule is NC(=S)c1ccc(OC(F)F)c(Br)c1. The van der Waals surface area contributed by atoms with Crippen LogP contribution in [0.15, 0.2) is 22.7 Å². The maximum atomic E-state index is 11.9. The molecule has 0 heterocycles. The van der Waals surface area contributed by atoms with Gasteiger partial charge in [0.05, 0.1) is 4.47 Å². The molecule has 0 spiro atoms. The summed E-state index contributed by atoms with van der Waals surface area (Å²) in [4.78, 5) is 0.203. The summed E-state index contributed by atoms with van der Waals surface area (Å²) in [5, 5.41) is 0. The Morgan fingerprint density at radius 3 is 2.57 bits per heavy atom. The highest BCUT2D eigenvalue weighted by Gasteiger charge is 2.09. The summed E-state index contributed by atoms with van der Waals surface area (Å²) in [6, 6.07) is 4.43. The van der Waals surface area contributed by atoms with Crippen LogP contribution in [0.4, 0.5) is 8.78 Å². The standard InChI is InChI=1S/C8H6BrF2NOS/c9-5-3-4(7(12)14)1-2-6(5)13-8(10)11/h1-3,8H,(H2,12,14). The summed E-state index contributed by atoms with van der Waals surface area (Å²) < 4.78 is 28.3. The second-order valence-electron chi connectivity index (χ2n) is 2.39. The Morgan fingerprint density at radius 2 is 2.14 bits per heavy atom. The van der Waals surface area contributed by atoms with E-state index in [0.717, 1.165) is 0 Å². The zero-order valence-electron chi connectivity index (χ0n) is 6.84. The Morgan fingerprint density at radius 1 is 1.50 bits per heavy atom. The van der Waals surface area contributed by atoms with Gasteiger partial charge in [0.2, 0.25) is 0 Å². The van der Waals surface area contributed by atoms with Crippen LogP contribution >= 0.6 is 28.1 Å². The molecule has 0 radical (unpaired) electrons. The molecular formula is C8H6BrF2NOS. The molecule has 0 aliphatic carbocycles. The molecule has 0 unspecified atom stereocenters. The number of hydrogen-bond acceptors (Lipinski definition) is 2. The maximum absolute atomic E-state index is 11.9. The first-order valence-electron chi connectivity index (χ1n) is 3.55. The molecule has 0 aliphatic rings. The quantitative estimate of drug-likeness (QED) is 0.866. The Kier molecular flexibility index (Phi) is 3.77. The van der Waals surface area contributed by atoms with Crippen molar-refractivity contribution in [1.82, 2.24) is 0 Å². The number of ether oxygens (including phenoxy) is 1. The number of nitrogens with two attached hydrogens (primary N) is 1. The minimum Gasteiger partial charge on any atom is -0.434 e. The van der Waals surface area contributed by atoms with E-state index < -0.39 is 6.61 Å². The molecule has 2 N–H and O–H groups in total. The molecule has 0 amide bonds. The topological polar surface area (TPSA) is 35.2 Å². The largest absolute Gasteiger partial charge is 0.434 e. The van der Waals surface area contributed by atoms with Gasteiger partial charge in [-0.1, -0.05) is 12.2 Å². The van der Waals surface area contributed by atoms with Crippen LogP contribution in [0.25, 0.3) is 0 Å². The Labute approximate surface area is 93.2 Å². The van der Waals surface area contributed by atoms with E-state index in [-0.39, 0.29) is 10.7 Å². The Balaban J connectivity index is 2.95. The molecule has 14 heavy (non-hydrogen) atoms. The van der Waals surface area contributed by atoms with E-state index in [4.69, 9.17) is 18.0 Å². The van der Waals surface area contributed by atoms with Gasteiger partial charge in [0.15, 0.2) is 0 Å². The molecule has 0 bridgehead atoms. The maximum Gasteiger partial charge on any atom is 0.387 e. The van der Waals surface area contributed by atoms with Crippen molar-refractivity contribution in [3.63, 3.8) is 0 Å². The lowest BCUT2D eigenvalue weighted by Crippen LogP contribution is -2.09. The van der Waals surface area contributed by atoms with Gasteiger partial charge in [0.1, 0.15) is 10.7 Å². The van der Waals surface area contributed by atoms with Gasteiger partial charge in [0, 0.05) is 5.56 Å². The van der Waals surface area contributed by atoms with E-state index in [0.29, 0.717) is 10.0 Å². The second-order valence-corrected chi connectivity index (χ2v) is 3.68. The zero-order chi connectivity index (χ0) is 10.7. The first-order valence-corrected chi connectivity index (χ1v) is 4.75. The van der Waals surface area contributed by atoms with Crippen molar-refractivity contribution in [2.24, 2.45) is 5.73 Å². The number of halogens is 3. The molecule has 0 aliphatic heterocycles. The number of benzene rings is 1. The highest BCUT2D eigenvalue weighted by Crippen LogP contribution is 2.27. The van der Waals surface area contributed by atoms with Gasteiger partial charge < -0.3 is 10.5 Å². The normalized spacial score (nSPS) is 10.3. The molecule has 1 aromatic carbocycles. The molecule has 6 heteroatoms. The first-order chi connectivity index (χ1) is 6.50. The Hall–Kier alpha value is -0.750. The van der Waals surface area contributed by atoms with E-state index in [1.165, 1.54) is 18.2 Å². The van der Waals surface area contributed by atoms with E-state index in [9.17, 15) is 8.78 Å². The van der Waals surface area contributed by atoms with Crippen LogP contribution in [0.3, 0.4) is 0 Å². The third kappa shape index (κ3) is 2.88. The van der Waals surface area contributed by atoms with Gasteiger partial charge in [-0.05, 0) is 34.1 Å². The van der Waals surface area contributed by atoms with E-state index in [2.05, 4.69) is 20.7 Å². The predicted molar refractivity (Wildman–Crippen MR) is 56.7 cm³/mol. The lowest BCUT2D eigenvalue weighted by molar-refractivity contribution is -0.0503. The van der Waals surface area contributed by atoms with Crippen molar-refractivity contribution in [3.8, 4) is 5.75 Å². The summed E-state index contributed by atoms with van der Waals surface area (Å²) in [5.74, 6) is 0.0556. The minimum atomic E-state index is -2.85. The first kappa shape index (κ1) is 11.3. The van der Waals surface area contributed by atoms with Gasteiger partial charge >= 0.3 is 6.61 Å². The fraction of sp³-hybridized carbons (Fsp3) is 0.125. The Bertz CT molecular complexity index is 359. The molecule has 0 aromatic heterocycles. The van der Waals surface area contributed by atoms with Crippen molar-refractivity contribution in [2.45, 2.75) is 6.61 Å².